The second kappa shape index (κ2) is 9.91. The summed E-state index contributed by atoms with van der Waals surface area (Å²) in [5.41, 5.74) is 2.34. The molecule has 8 nitrogen and oxygen atoms in total. The van der Waals surface area contributed by atoms with E-state index in [0.717, 1.165) is 10.5 Å². The molecule has 0 saturated heterocycles. The van der Waals surface area contributed by atoms with Crippen LogP contribution in [0.3, 0.4) is 0 Å². The summed E-state index contributed by atoms with van der Waals surface area (Å²) < 4.78 is 15.2. The lowest BCUT2D eigenvalue weighted by molar-refractivity contribution is -0.135. The maximum atomic E-state index is 12.5. The van der Waals surface area contributed by atoms with Crippen LogP contribution in [0.5, 0.6) is 11.5 Å². The fourth-order valence-corrected chi connectivity index (χ4v) is 3.27. The number of nitrogens with zero attached hydrogens (tertiary/aromatic N) is 1. The van der Waals surface area contributed by atoms with E-state index < -0.39 is 11.9 Å². The summed E-state index contributed by atoms with van der Waals surface area (Å²) in [7, 11) is 2.72. The zero-order chi connectivity index (χ0) is 23.3. The van der Waals surface area contributed by atoms with E-state index in [2.05, 4.69) is 4.74 Å². The lowest BCUT2D eigenvalue weighted by Gasteiger charge is -2.14. The molecule has 0 unspecified atom stereocenters. The third-order valence-corrected chi connectivity index (χ3v) is 4.91. The average Bonchev–Trinajstić information content (AvgIpc) is 3.02. The van der Waals surface area contributed by atoms with Gasteiger partial charge >= 0.3 is 11.9 Å². The summed E-state index contributed by atoms with van der Waals surface area (Å²) >= 11 is 0. The molecule has 0 N–H and O–H groups in total. The number of amides is 2. The topological polar surface area (TPSA) is 99.2 Å². The minimum Gasteiger partial charge on any atom is -0.493 e. The van der Waals surface area contributed by atoms with Crippen LogP contribution in [0.4, 0.5) is 0 Å². The van der Waals surface area contributed by atoms with Crippen molar-refractivity contribution in [3.63, 3.8) is 0 Å². The minimum absolute atomic E-state index is 0.0135. The molecule has 3 rings (SSSR count). The van der Waals surface area contributed by atoms with Gasteiger partial charge in [0.15, 0.2) is 11.5 Å². The molecule has 0 radical (unpaired) electrons. The zero-order valence-corrected chi connectivity index (χ0v) is 18.0. The zero-order valence-electron chi connectivity index (χ0n) is 18.0. The molecule has 0 bridgehead atoms. The first kappa shape index (κ1) is 22.7. The highest BCUT2D eigenvalue weighted by Gasteiger charge is 2.35. The smallest absolute Gasteiger partial charge is 0.330 e. The number of imide groups is 1. The second-order valence-electron chi connectivity index (χ2n) is 7.16. The molecular formula is C24H23NO7. The fourth-order valence-electron chi connectivity index (χ4n) is 3.27. The van der Waals surface area contributed by atoms with Gasteiger partial charge in [-0.1, -0.05) is 17.7 Å². The van der Waals surface area contributed by atoms with Crippen LogP contribution < -0.4 is 9.47 Å². The molecule has 1 aliphatic rings. The van der Waals surface area contributed by atoms with Gasteiger partial charge in [-0.2, -0.15) is 0 Å². The first-order chi connectivity index (χ1) is 15.3. The molecule has 8 heteroatoms. The second-order valence-corrected chi connectivity index (χ2v) is 7.16. The number of hydrogen-bond acceptors (Lipinski definition) is 7. The van der Waals surface area contributed by atoms with E-state index in [9.17, 15) is 19.2 Å². The number of methoxy groups -OCH3 is 2. The van der Waals surface area contributed by atoms with Gasteiger partial charge in [0.05, 0.1) is 25.3 Å². The third-order valence-electron chi connectivity index (χ3n) is 4.91. The number of carbonyl (C=O) groups excluding carboxylic acids is 4. The Labute approximate surface area is 185 Å². The van der Waals surface area contributed by atoms with Crippen LogP contribution in [0.2, 0.25) is 0 Å². The molecule has 2 amide bonds. The van der Waals surface area contributed by atoms with E-state index >= 15 is 0 Å². The van der Waals surface area contributed by atoms with Crippen molar-refractivity contribution in [2.75, 3.05) is 20.8 Å². The summed E-state index contributed by atoms with van der Waals surface area (Å²) in [4.78, 5) is 49.6. The predicted octanol–water partition coefficient (Wildman–Crippen LogP) is 3.17. The summed E-state index contributed by atoms with van der Waals surface area (Å²) in [5.74, 6) is -1.17. The van der Waals surface area contributed by atoms with E-state index in [0.29, 0.717) is 22.4 Å². The Kier molecular flexibility index (Phi) is 7.04. The lowest BCUT2D eigenvalue weighted by Crippen LogP contribution is -2.31. The fraction of sp³-hybridized carbons (Fsp3) is 0.250. The summed E-state index contributed by atoms with van der Waals surface area (Å²) in [6.45, 7) is 1.97. The van der Waals surface area contributed by atoms with Crippen molar-refractivity contribution in [3.05, 3.63) is 64.7 Å². The van der Waals surface area contributed by atoms with Gasteiger partial charge in [0.1, 0.15) is 0 Å². The van der Waals surface area contributed by atoms with Gasteiger partial charge in [-0.3, -0.25) is 19.3 Å². The Morgan fingerprint density at radius 3 is 2.44 bits per heavy atom. The normalized spacial score (nSPS) is 12.8. The highest BCUT2D eigenvalue weighted by Crippen LogP contribution is 2.29. The van der Waals surface area contributed by atoms with Crippen molar-refractivity contribution < 1.29 is 33.4 Å². The van der Waals surface area contributed by atoms with Crippen LogP contribution in [0, 0.1) is 6.92 Å². The Morgan fingerprint density at radius 2 is 1.72 bits per heavy atom. The van der Waals surface area contributed by atoms with Crippen LogP contribution in [0.1, 0.15) is 44.7 Å². The molecule has 1 aliphatic heterocycles. The van der Waals surface area contributed by atoms with Crippen LogP contribution >= 0.6 is 0 Å². The van der Waals surface area contributed by atoms with Gasteiger partial charge < -0.3 is 14.2 Å². The first-order valence-electron chi connectivity index (χ1n) is 9.95. The molecule has 0 saturated carbocycles. The van der Waals surface area contributed by atoms with E-state index in [1.54, 1.807) is 42.5 Å². The number of aryl methyl sites for hydroxylation is 1. The van der Waals surface area contributed by atoms with Crippen molar-refractivity contribution in [3.8, 4) is 11.5 Å². The standard InChI is InChI=1S/C24H23NO7/c1-15-6-9-17-18(13-15)24(29)25(23(17)28)12-4-5-22(27)32-19-10-7-16(14-20(19)30-2)8-11-21(26)31-3/h6-11,13-14H,4-5,12H2,1-3H3/b11-8+. The van der Waals surface area contributed by atoms with Gasteiger partial charge in [0.2, 0.25) is 0 Å². The largest absolute Gasteiger partial charge is 0.493 e. The number of ether oxygens (including phenoxy) is 3. The minimum atomic E-state index is -0.520. The molecule has 2 aromatic carbocycles. The van der Waals surface area contributed by atoms with Crippen LogP contribution in [0.15, 0.2) is 42.5 Å². The number of fused-ring (bicyclic) bond motifs is 1. The number of rotatable bonds is 8. The number of hydrogen-bond donors (Lipinski definition) is 0. The maximum absolute atomic E-state index is 12.5. The molecular weight excluding hydrogens is 414 g/mol. The number of carbonyl (C=O) groups is 4. The SMILES string of the molecule is COC(=O)/C=C/c1ccc(OC(=O)CCCN2C(=O)c3ccc(C)cc3C2=O)c(OC)c1. The molecule has 1 heterocycles. The number of benzene rings is 2. The predicted molar refractivity (Wildman–Crippen MR) is 115 cm³/mol. The van der Waals surface area contributed by atoms with Crippen LogP contribution in [-0.2, 0) is 14.3 Å². The molecule has 0 spiro atoms. The molecule has 166 valence electrons. The van der Waals surface area contributed by atoms with E-state index in [4.69, 9.17) is 9.47 Å². The molecule has 2 aromatic rings. The quantitative estimate of drug-likeness (QED) is 0.271. The van der Waals surface area contributed by atoms with Crippen molar-refractivity contribution in [1.29, 1.82) is 0 Å². The van der Waals surface area contributed by atoms with Crippen molar-refractivity contribution in [1.82, 2.24) is 4.90 Å². The van der Waals surface area contributed by atoms with E-state index in [-0.39, 0.29) is 37.0 Å². The van der Waals surface area contributed by atoms with Crippen LogP contribution in [0.25, 0.3) is 6.08 Å². The first-order valence-corrected chi connectivity index (χ1v) is 9.95. The van der Waals surface area contributed by atoms with Crippen molar-refractivity contribution >= 4 is 29.8 Å². The molecule has 32 heavy (non-hydrogen) atoms. The summed E-state index contributed by atoms with van der Waals surface area (Å²) in [6.07, 6.45) is 3.09. The molecule has 0 aliphatic carbocycles. The lowest BCUT2D eigenvalue weighted by atomic mass is 10.1. The Bertz CT molecular complexity index is 1100. The number of esters is 2. The van der Waals surface area contributed by atoms with Crippen molar-refractivity contribution in [2.24, 2.45) is 0 Å². The summed E-state index contributed by atoms with van der Waals surface area (Å²) in [6, 6.07) is 9.96. The Morgan fingerprint density at radius 1 is 0.969 bits per heavy atom. The summed E-state index contributed by atoms with van der Waals surface area (Å²) in [5, 5.41) is 0. The van der Waals surface area contributed by atoms with Crippen LogP contribution in [-0.4, -0.2) is 49.4 Å². The highest BCUT2D eigenvalue weighted by atomic mass is 16.6. The Balaban J connectivity index is 1.56. The maximum Gasteiger partial charge on any atom is 0.330 e. The van der Waals surface area contributed by atoms with E-state index in [1.165, 1.54) is 20.3 Å². The van der Waals surface area contributed by atoms with Gasteiger partial charge in [-0.25, -0.2) is 4.79 Å². The third kappa shape index (κ3) is 5.03. The molecule has 0 aromatic heterocycles. The van der Waals surface area contributed by atoms with Gasteiger partial charge in [0.25, 0.3) is 11.8 Å². The average molecular weight is 437 g/mol. The van der Waals surface area contributed by atoms with Crippen molar-refractivity contribution in [2.45, 2.75) is 19.8 Å². The Hall–Kier alpha value is -3.94. The van der Waals surface area contributed by atoms with Gasteiger partial charge in [-0.05, 0) is 49.2 Å². The van der Waals surface area contributed by atoms with Gasteiger partial charge in [-0.15, -0.1) is 0 Å². The monoisotopic (exact) mass is 437 g/mol. The molecule has 0 fully saturated rings. The van der Waals surface area contributed by atoms with E-state index in [1.807, 2.05) is 6.92 Å². The highest BCUT2D eigenvalue weighted by molar-refractivity contribution is 6.21. The molecule has 0 atom stereocenters. The van der Waals surface area contributed by atoms with Gasteiger partial charge in [0, 0.05) is 19.0 Å².